The number of furan rings is 1. The first-order chi connectivity index (χ1) is 11.8. The Morgan fingerprint density at radius 1 is 1.28 bits per heavy atom. The van der Waals surface area contributed by atoms with Gasteiger partial charge in [0.15, 0.2) is 12.4 Å². The molecule has 0 spiro atoms. The number of amides is 1. The molecule has 1 N–H and O–H groups in total. The number of hydrogen-bond acceptors (Lipinski definition) is 6. The fraction of sp³-hybridized carbons (Fsp3) is 0.294. The van der Waals surface area contributed by atoms with Crippen molar-refractivity contribution < 1.29 is 18.9 Å². The molecular formula is C17H19N3O5. The Kier molecular flexibility index (Phi) is 5.53. The molecule has 0 saturated heterocycles. The van der Waals surface area contributed by atoms with Gasteiger partial charge in [-0.25, -0.2) is 5.43 Å². The summed E-state index contributed by atoms with van der Waals surface area (Å²) in [7, 11) is 0. The fourth-order valence-electron chi connectivity index (χ4n) is 1.91. The number of hydrazone groups is 1. The normalized spacial score (nSPS) is 11.5. The molecule has 1 amide bonds. The zero-order chi connectivity index (χ0) is 18.4. The van der Waals surface area contributed by atoms with Gasteiger partial charge in [0.1, 0.15) is 10.7 Å². The molecule has 0 radical (unpaired) electrons. The molecule has 25 heavy (non-hydrogen) atoms. The minimum Gasteiger partial charge on any atom is -0.484 e. The first kappa shape index (κ1) is 18.2. The Morgan fingerprint density at radius 3 is 2.52 bits per heavy atom. The third-order valence-corrected chi connectivity index (χ3v) is 3.26. The molecule has 0 aliphatic rings. The summed E-state index contributed by atoms with van der Waals surface area (Å²) in [5, 5.41) is 14.1. The van der Waals surface area contributed by atoms with Gasteiger partial charge in [0, 0.05) is 0 Å². The summed E-state index contributed by atoms with van der Waals surface area (Å²) in [5.74, 6) is -0.119. The van der Waals surface area contributed by atoms with Crippen LogP contribution in [0.3, 0.4) is 0 Å². The predicted molar refractivity (Wildman–Crippen MR) is 91.7 cm³/mol. The lowest BCUT2D eigenvalue weighted by Gasteiger charge is -2.19. The maximum absolute atomic E-state index is 11.7. The lowest BCUT2D eigenvalue weighted by atomic mass is 9.87. The molecule has 2 rings (SSSR count). The summed E-state index contributed by atoms with van der Waals surface area (Å²) in [6.07, 6.45) is 1.17. The highest BCUT2D eigenvalue weighted by molar-refractivity contribution is 5.81. The molecule has 132 valence electrons. The molecular weight excluding hydrogens is 326 g/mol. The average molecular weight is 345 g/mol. The zero-order valence-electron chi connectivity index (χ0n) is 14.2. The smallest absolute Gasteiger partial charge is 0.433 e. The third kappa shape index (κ3) is 5.45. The fourth-order valence-corrected chi connectivity index (χ4v) is 1.91. The minimum absolute atomic E-state index is 0.0472. The molecule has 1 aromatic heterocycles. The van der Waals surface area contributed by atoms with E-state index in [4.69, 9.17) is 9.15 Å². The number of carbonyl (C=O) groups is 1. The SMILES string of the molecule is CC(C)(C)c1ccc(OCC(=O)NN=Cc2ccc([N+](=O)[O-])o2)cc1. The van der Waals surface area contributed by atoms with Crippen LogP contribution in [0.2, 0.25) is 0 Å². The molecule has 0 bridgehead atoms. The van der Waals surface area contributed by atoms with Crippen LogP contribution >= 0.6 is 0 Å². The molecule has 0 saturated carbocycles. The number of ether oxygens (including phenoxy) is 1. The van der Waals surface area contributed by atoms with Gasteiger partial charge in [-0.3, -0.25) is 14.9 Å². The van der Waals surface area contributed by atoms with Crippen LogP contribution in [0.4, 0.5) is 5.88 Å². The van der Waals surface area contributed by atoms with Crippen LogP contribution in [0.15, 0.2) is 45.9 Å². The highest BCUT2D eigenvalue weighted by Gasteiger charge is 2.13. The number of carbonyl (C=O) groups excluding carboxylic acids is 1. The van der Waals surface area contributed by atoms with E-state index in [0.717, 1.165) is 0 Å². The number of rotatable bonds is 6. The summed E-state index contributed by atoms with van der Waals surface area (Å²) < 4.78 is 10.2. The lowest BCUT2D eigenvalue weighted by molar-refractivity contribution is -0.402. The Balaban J connectivity index is 1.80. The topological polar surface area (TPSA) is 107 Å². The van der Waals surface area contributed by atoms with Gasteiger partial charge < -0.3 is 9.15 Å². The maximum Gasteiger partial charge on any atom is 0.433 e. The number of nitrogens with one attached hydrogen (secondary N) is 1. The van der Waals surface area contributed by atoms with E-state index in [0.29, 0.717) is 5.75 Å². The number of nitrogens with zero attached hydrogens (tertiary/aromatic N) is 2. The second kappa shape index (κ2) is 7.61. The van der Waals surface area contributed by atoms with Crippen LogP contribution in [-0.4, -0.2) is 23.7 Å². The second-order valence-electron chi connectivity index (χ2n) is 6.29. The molecule has 2 aromatic rings. The summed E-state index contributed by atoms with van der Waals surface area (Å²) in [5.41, 5.74) is 3.47. The van der Waals surface area contributed by atoms with Crippen LogP contribution in [0, 0.1) is 10.1 Å². The van der Waals surface area contributed by atoms with Crippen molar-refractivity contribution in [2.24, 2.45) is 5.10 Å². The van der Waals surface area contributed by atoms with E-state index < -0.39 is 16.7 Å². The number of benzene rings is 1. The van der Waals surface area contributed by atoms with Gasteiger partial charge >= 0.3 is 5.88 Å². The van der Waals surface area contributed by atoms with Crippen molar-refractivity contribution in [3.63, 3.8) is 0 Å². The van der Waals surface area contributed by atoms with Crippen LogP contribution in [0.25, 0.3) is 0 Å². The van der Waals surface area contributed by atoms with Crippen molar-refractivity contribution in [1.29, 1.82) is 0 Å². The summed E-state index contributed by atoms with van der Waals surface area (Å²) in [6, 6.07) is 10.1. The van der Waals surface area contributed by atoms with Crippen LogP contribution < -0.4 is 10.2 Å². The Hall–Kier alpha value is -3.16. The first-order valence-electron chi connectivity index (χ1n) is 7.55. The lowest BCUT2D eigenvalue weighted by Crippen LogP contribution is -2.24. The molecule has 8 heteroatoms. The van der Waals surface area contributed by atoms with Gasteiger partial charge in [-0.15, -0.1) is 0 Å². The van der Waals surface area contributed by atoms with E-state index in [9.17, 15) is 14.9 Å². The Bertz CT molecular complexity index is 772. The molecule has 1 heterocycles. The number of hydrogen-bond donors (Lipinski definition) is 1. The van der Waals surface area contributed by atoms with Gasteiger partial charge in [0.05, 0.1) is 12.3 Å². The van der Waals surface area contributed by atoms with Crippen LogP contribution in [0.1, 0.15) is 32.1 Å². The summed E-state index contributed by atoms with van der Waals surface area (Å²) in [6.45, 7) is 6.14. The standard InChI is InChI=1S/C17H19N3O5/c1-17(2,3)12-4-6-13(7-5-12)24-11-15(21)19-18-10-14-8-9-16(25-14)20(22)23/h4-10H,11H2,1-3H3,(H,19,21). The van der Waals surface area contributed by atoms with E-state index in [1.165, 1.54) is 23.9 Å². The van der Waals surface area contributed by atoms with Crippen molar-refractivity contribution in [3.05, 3.63) is 57.8 Å². The Morgan fingerprint density at radius 2 is 1.96 bits per heavy atom. The van der Waals surface area contributed by atoms with Crippen molar-refractivity contribution in [3.8, 4) is 5.75 Å². The highest BCUT2D eigenvalue weighted by atomic mass is 16.6. The van der Waals surface area contributed by atoms with Crippen LogP contribution in [-0.2, 0) is 10.2 Å². The minimum atomic E-state index is -0.658. The van der Waals surface area contributed by atoms with Gasteiger partial charge in [0.25, 0.3) is 5.91 Å². The van der Waals surface area contributed by atoms with Crippen molar-refractivity contribution >= 4 is 18.0 Å². The van der Waals surface area contributed by atoms with E-state index in [1.54, 1.807) is 12.1 Å². The summed E-state index contributed by atoms with van der Waals surface area (Å²) >= 11 is 0. The highest BCUT2D eigenvalue weighted by Crippen LogP contribution is 2.24. The maximum atomic E-state index is 11.7. The van der Waals surface area contributed by atoms with Gasteiger partial charge in [-0.2, -0.15) is 5.10 Å². The molecule has 0 atom stereocenters. The molecule has 8 nitrogen and oxygen atoms in total. The van der Waals surface area contributed by atoms with Crippen molar-refractivity contribution in [1.82, 2.24) is 5.43 Å². The largest absolute Gasteiger partial charge is 0.484 e. The third-order valence-electron chi connectivity index (χ3n) is 3.26. The average Bonchev–Trinajstić information content (AvgIpc) is 3.02. The van der Waals surface area contributed by atoms with Gasteiger partial charge in [-0.05, 0) is 29.2 Å². The molecule has 0 unspecified atom stereocenters. The van der Waals surface area contributed by atoms with E-state index in [1.807, 2.05) is 12.1 Å². The quantitative estimate of drug-likeness (QED) is 0.492. The molecule has 1 aromatic carbocycles. The molecule has 0 aliphatic carbocycles. The second-order valence-corrected chi connectivity index (χ2v) is 6.29. The van der Waals surface area contributed by atoms with Gasteiger partial charge in [0.2, 0.25) is 0 Å². The Labute approximate surface area is 144 Å². The van der Waals surface area contributed by atoms with E-state index in [-0.39, 0.29) is 17.8 Å². The molecule has 0 aliphatic heterocycles. The zero-order valence-corrected chi connectivity index (χ0v) is 14.2. The monoisotopic (exact) mass is 345 g/mol. The van der Waals surface area contributed by atoms with Crippen molar-refractivity contribution in [2.75, 3.05) is 6.61 Å². The molecule has 0 fully saturated rings. The predicted octanol–water partition coefficient (Wildman–Crippen LogP) is 3.01. The van der Waals surface area contributed by atoms with Crippen molar-refractivity contribution in [2.45, 2.75) is 26.2 Å². The first-order valence-corrected chi connectivity index (χ1v) is 7.55. The van der Waals surface area contributed by atoms with Crippen LogP contribution in [0.5, 0.6) is 5.75 Å². The summed E-state index contributed by atoms with van der Waals surface area (Å²) in [4.78, 5) is 21.5. The van der Waals surface area contributed by atoms with Gasteiger partial charge in [-0.1, -0.05) is 32.9 Å². The van der Waals surface area contributed by atoms with E-state index >= 15 is 0 Å². The number of nitro groups is 1. The van der Waals surface area contributed by atoms with E-state index in [2.05, 4.69) is 31.3 Å².